The summed E-state index contributed by atoms with van der Waals surface area (Å²) in [6.45, 7) is 20.8. The first kappa shape index (κ1) is 35.1. The highest BCUT2D eigenvalue weighted by Gasteiger charge is 2.84. The lowest BCUT2D eigenvalue weighted by Crippen LogP contribution is -2.60. The molecule has 47 heavy (non-hydrogen) atoms. The van der Waals surface area contributed by atoms with Crippen molar-refractivity contribution in [2.45, 2.75) is 142 Å². The monoisotopic (exact) mass is 661 g/mol. The van der Waals surface area contributed by atoms with Gasteiger partial charge in [-0.25, -0.2) is 0 Å². The zero-order valence-corrected chi connectivity index (χ0v) is 31.3. The Morgan fingerprint density at radius 1 is 0.979 bits per heavy atom. The fraction of sp³-hybridized carbons (Fsp3) is 1.00. The van der Waals surface area contributed by atoms with E-state index in [1.54, 1.807) is 21.3 Å². The van der Waals surface area contributed by atoms with E-state index in [4.69, 9.17) is 28.4 Å². The van der Waals surface area contributed by atoms with Crippen molar-refractivity contribution >= 4 is 0 Å². The van der Waals surface area contributed by atoms with Gasteiger partial charge in [-0.15, -0.1) is 0 Å². The van der Waals surface area contributed by atoms with Gasteiger partial charge in [-0.1, -0.05) is 34.6 Å². The number of nitrogens with zero attached hydrogens (tertiary/aromatic N) is 1. The van der Waals surface area contributed by atoms with Crippen LogP contribution in [0.25, 0.3) is 0 Å². The Kier molecular flexibility index (Phi) is 8.86. The van der Waals surface area contributed by atoms with Gasteiger partial charge in [0.1, 0.15) is 6.10 Å². The zero-order valence-electron chi connectivity index (χ0n) is 31.3. The number of hydrogen-bond acceptors (Lipinski definition) is 8. The van der Waals surface area contributed by atoms with Crippen LogP contribution in [-0.2, 0) is 28.4 Å². The topological polar surface area (TPSA) is 78.9 Å². The minimum atomic E-state index is -0.473. The van der Waals surface area contributed by atoms with Crippen molar-refractivity contribution in [1.82, 2.24) is 4.90 Å². The molecule has 0 aromatic heterocycles. The van der Waals surface area contributed by atoms with E-state index >= 15 is 0 Å². The molecule has 14 atom stereocenters. The second-order valence-electron chi connectivity index (χ2n) is 18.7. The number of morpholine rings is 1. The summed E-state index contributed by atoms with van der Waals surface area (Å²) in [6.07, 6.45) is 8.67. The second kappa shape index (κ2) is 11.9. The fourth-order valence-corrected chi connectivity index (χ4v) is 14.1. The van der Waals surface area contributed by atoms with E-state index in [1.807, 2.05) is 0 Å². The van der Waals surface area contributed by atoms with E-state index in [1.165, 1.54) is 38.5 Å². The number of methoxy groups -OCH3 is 3. The lowest BCUT2D eigenvalue weighted by molar-refractivity contribution is -0.249. The molecule has 0 radical (unpaired) electrons. The third kappa shape index (κ3) is 4.80. The molecule has 1 unspecified atom stereocenters. The van der Waals surface area contributed by atoms with Crippen LogP contribution < -0.4 is 0 Å². The van der Waals surface area contributed by atoms with Crippen LogP contribution >= 0.6 is 0 Å². The molecule has 8 nitrogen and oxygen atoms in total. The molecule has 0 amide bonds. The average Bonchev–Trinajstić information content (AvgIpc) is 3.66. The molecule has 7 aliphatic rings. The van der Waals surface area contributed by atoms with Gasteiger partial charge in [0.05, 0.1) is 43.2 Å². The highest BCUT2D eigenvalue weighted by molar-refractivity contribution is 5.33. The quantitative estimate of drug-likeness (QED) is 0.326. The van der Waals surface area contributed by atoms with Gasteiger partial charge in [0.25, 0.3) is 0 Å². The number of aliphatic hydroxyl groups is 1. The third-order valence-corrected chi connectivity index (χ3v) is 16.6. The number of rotatable bonds is 9. The smallest absolute Gasteiger partial charge is 0.170 e. The molecule has 7 fully saturated rings. The van der Waals surface area contributed by atoms with Gasteiger partial charge in [0, 0.05) is 46.4 Å². The molecule has 270 valence electrons. The van der Waals surface area contributed by atoms with Crippen molar-refractivity contribution in [3.8, 4) is 0 Å². The zero-order chi connectivity index (χ0) is 33.8. The molecule has 5 aliphatic carbocycles. The highest BCUT2D eigenvalue weighted by atomic mass is 16.7. The fourth-order valence-electron chi connectivity index (χ4n) is 14.1. The lowest BCUT2D eigenvalue weighted by Gasteiger charge is -2.64. The molecule has 2 spiro atoms. The number of ether oxygens (including phenoxy) is 6. The summed E-state index contributed by atoms with van der Waals surface area (Å²) in [7, 11) is 5.30. The van der Waals surface area contributed by atoms with Crippen LogP contribution in [0.5, 0.6) is 0 Å². The van der Waals surface area contributed by atoms with Crippen molar-refractivity contribution in [2.75, 3.05) is 54.2 Å². The molecule has 2 saturated heterocycles. The molecule has 2 aliphatic heterocycles. The maximum Gasteiger partial charge on any atom is 0.170 e. The molecule has 0 aromatic rings. The minimum absolute atomic E-state index is 0.0518. The van der Waals surface area contributed by atoms with E-state index in [0.717, 1.165) is 45.7 Å². The SMILES string of the molecule is COCCN1CCO[C@@H](O[C@H]2CCC34C[C@]35CC[C@]3(C)[C@@H]6[C@H](O[C@@H]([C@H](OC)C(C)(C)OC)C[C@H]6C)[C@H](O)[C@@]3(C)[C@@H]5CC[C@H]4C2(C)C)C1. The van der Waals surface area contributed by atoms with Crippen LogP contribution in [0.15, 0.2) is 0 Å². The Hall–Kier alpha value is -0.320. The Labute approximate surface area is 285 Å². The molecule has 0 aromatic carbocycles. The maximum absolute atomic E-state index is 12.6. The summed E-state index contributed by atoms with van der Waals surface area (Å²) >= 11 is 0. The lowest BCUT2D eigenvalue weighted by atomic mass is 9.41. The first-order chi connectivity index (χ1) is 22.2. The van der Waals surface area contributed by atoms with Gasteiger partial charge >= 0.3 is 0 Å². The van der Waals surface area contributed by atoms with Crippen molar-refractivity contribution in [3.63, 3.8) is 0 Å². The Balaban J connectivity index is 1.11. The van der Waals surface area contributed by atoms with Crippen LogP contribution in [0.2, 0.25) is 0 Å². The van der Waals surface area contributed by atoms with E-state index in [9.17, 15) is 5.11 Å². The van der Waals surface area contributed by atoms with Crippen LogP contribution in [0.3, 0.4) is 0 Å². The second-order valence-corrected chi connectivity index (χ2v) is 18.7. The molecule has 2 heterocycles. The molecule has 5 saturated carbocycles. The van der Waals surface area contributed by atoms with Crippen LogP contribution in [-0.4, -0.2) is 107 Å². The summed E-state index contributed by atoms with van der Waals surface area (Å²) in [4.78, 5) is 2.42. The Bertz CT molecular complexity index is 1160. The number of hydrogen-bond donors (Lipinski definition) is 1. The summed E-state index contributed by atoms with van der Waals surface area (Å²) in [5.74, 6) is 1.97. The van der Waals surface area contributed by atoms with Crippen molar-refractivity contribution in [1.29, 1.82) is 0 Å². The van der Waals surface area contributed by atoms with Gasteiger partial charge in [-0.05, 0) is 111 Å². The van der Waals surface area contributed by atoms with Gasteiger partial charge in [0.15, 0.2) is 6.29 Å². The van der Waals surface area contributed by atoms with Crippen LogP contribution in [0, 0.1) is 50.7 Å². The predicted molar refractivity (Wildman–Crippen MR) is 181 cm³/mol. The van der Waals surface area contributed by atoms with E-state index in [0.29, 0.717) is 34.5 Å². The normalized spacial score (nSPS) is 51.3. The minimum Gasteiger partial charge on any atom is -0.390 e. The molecule has 0 bridgehead atoms. The van der Waals surface area contributed by atoms with Crippen LogP contribution in [0.4, 0.5) is 0 Å². The number of aliphatic hydroxyl groups excluding tert-OH is 1. The molecule has 8 heteroatoms. The van der Waals surface area contributed by atoms with E-state index in [-0.39, 0.29) is 47.0 Å². The molecular weight excluding hydrogens is 594 g/mol. The molecule has 7 rings (SSSR count). The highest BCUT2D eigenvalue weighted by Crippen LogP contribution is 2.89. The standard InChI is InChI=1S/C39H67NO7/c1-24-21-25(33(43-9)35(4,5)44-10)46-31-30(24)36(6)15-16-39-23-38(39)14-13-28(47-29-22-40(17-19-42-8)18-20-45-29)34(2,3)26(38)11-12-27(39)37(36,7)32(31)41/h24-33,41H,11-23H2,1-10H3/t24-,25-,26+,27+,28+,29+,30+,31+,32+,33+,36-,37-,38?,39+/m1/s1. The van der Waals surface area contributed by atoms with Gasteiger partial charge < -0.3 is 33.5 Å². The van der Waals surface area contributed by atoms with Gasteiger partial charge in [-0.3, -0.25) is 4.90 Å². The Morgan fingerprint density at radius 2 is 1.70 bits per heavy atom. The molecular formula is C39H67NO7. The summed E-state index contributed by atoms with van der Waals surface area (Å²) in [5, 5.41) is 12.6. The van der Waals surface area contributed by atoms with Crippen molar-refractivity contribution in [2.24, 2.45) is 50.7 Å². The summed E-state index contributed by atoms with van der Waals surface area (Å²) in [5.41, 5.74) is 0.194. The number of fused-ring (bicyclic) bond motifs is 4. The first-order valence-corrected chi connectivity index (χ1v) is 19.1. The van der Waals surface area contributed by atoms with E-state index in [2.05, 4.69) is 53.4 Å². The average molecular weight is 662 g/mol. The van der Waals surface area contributed by atoms with Gasteiger partial charge in [0.2, 0.25) is 0 Å². The Morgan fingerprint density at radius 3 is 2.40 bits per heavy atom. The molecule has 1 N–H and O–H groups in total. The van der Waals surface area contributed by atoms with Crippen molar-refractivity contribution in [3.05, 3.63) is 0 Å². The third-order valence-electron chi connectivity index (χ3n) is 16.6. The van der Waals surface area contributed by atoms with Gasteiger partial charge in [-0.2, -0.15) is 0 Å². The first-order valence-electron chi connectivity index (χ1n) is 19.1. The van der Waals surface area contributed by atoms with E-state index < -0.39 is 11.7 Å². The van der Waals surface area contributed by atoms with Crippen molar-refractivity contribution < 1.29 is 33.5 Å². The van der Waals surface area contributed by atoms with Crippen LogP contribution in [0.1, 0.15) is 99.8 Å². The predicted octanol–water partition coefficient (Wildman–Crippen LogP) is 5.93. The summed E-state index contributed by atoms with van der Waals surface area (Å²) in [6, 6.07) is 0. The summed E-state index contributed by atoms with van der Waals surface area (Å²) < 4.78 is 37.4. The maximum atomic E-state index is 12.6. The largest absolute Gasteiger partial charge is 0.390 e.